The first kappa shape index (κ1) is 16.4. The molecule has 0 saturated carbocycles. The van der Waals surface area contributed by atoms with Gasteiger partial charge >= 0.3 is 0 Å². The lowest BCUT2D eigenvalue weighted by atomic mass is 10.0. The van der Waals surface area contributed by atoms with E-state index in [0.717, 1.165) is 31.5 Å². The van der Waals surface area contributed by atoms with Gasteiger partial charge in [0, 0.05) is 35.3 Å². The first-order chi connectivity index (χ1) is 11.6. The van der Waals surface area contributed by atoms with Crippen LogP contribution in [0, 0.1) is 13.8 Å². The van der Waals surface area contributed by atoms with E-state index in [1.54, 1.807) is 0 Å². The molecule has 1 aromatic heterocycles. The van der Waals surface area contributed by atoms with E-state index in [9.17, 15) is 0 Å². The highest BCUT2D eigenvalue weighted by Gasteiger charge is 2.14. The standard InChI is InChI=1S/C22H26N2/c1-16-11-12-22-21(14-16)20(15-17(2)23)18(3)24(22)13-7-10-19-8-5-4-6-9-19/h4-6,8-9,11-12,14H,2,7,10,13,15,23H2,1,3H3. The second-order valence-electron chi connectivity index (χ2n) is 6.66. The Bertz CT molecular complexity index is 857. The van der Waals surface area contributed by atoms with Crippen LogP contribution in [-0.2, 0) is 19.4 Å². The molecule has 1 heterocycles. The first-order valence-electron chi connectivity index (χ1n) is 8.62. The summed E-state index contributed by atoms with van der Waals surface area (Å²) < 4.78 is 2.44. The van der Waals surface area contributed by atoms with Crippen LogP contribution in [-0.4, -0.2) is 4.57 Å². The zero-order chi connectivity index (χ0) is 17.1. The van der Waals surface area contributed by atoms with Crippen molar-refractivity contribution in [2.24, 2.45) is 5.73 Å². The molecule has 2 N–H and O–H groups in total. The lowest BCUT2D eigenvalue weighted by molar-refractivity contribution is 0.646. The molecule has 0 fully saturated rings. The van der Waals surface area contributed by atoms with E-state index in [2.05, 4.69) is 73.5 Å². The molecule has 0 radical (unpaired) electrons. The van der Waals surface area contributed by atoms with E-state index < -0.39 is 0 Å². The van der Waals surface area contributed by atoms with Crippen LogP contribution in [0.3, 0.4) is 0 Å². The van der Waals surface area contributed by atoms with Crippen molar-refractivity contribution in [1.29, 1.82) is 0 Å². The fourth-order valence-corrected chi connectivity index (χ4v) is 3.49. The SMILES string of the molecule is C=C(N)Cc1c(C)n(CCCc2ccccc2)c2ccc(C)cc12. The molecule has 0 bridgehead atoms. The monoisotopic (exact) mass is 318 g/mol. The van der Waals surface area contributed by atoms with Crippen molar-refractivity contribution in [3.05, 3.63) is 83.2 Å². The van der Waals surface area contributed by atoms with E-state index in [0.29, 0.717) is 0 Å². The van der Waals surface area contributed by atoms with Gasteiger partial charge in [-0.25, -0.2) is 0 Å². The number of hydrogen-bond donors (Lipinski definition) is 1. The third-order valence-electron chi connectivity index (χ3n) is 4.70. The van der Waals surface area contributed by atoms with Gasteiger partial charge in [0.1, 0.15) is 0 Å². The number of aromatic nitrogens is 1. The van der Waals surface area contributed by atoms with Crippen LogP contribution in [0.25, 0.3) is 10.9 Å². The summed E-state index contributed by atoms with van der Waals surface area (Å²) in [4.78, 5) is 0. The van der Waals surface area contributed by atoms with Crippen LogP contribution >= 0.6 is 0 Å². The number of nitrogens with zero attached hydrogens (tertiary/aromatic N) is 1. The largest absolute Gasteiger partial charge is 0.402 e. The van der Waals surface area contributed by atoms with Gasteiger partial charge in [-0.15, -0.1) is 0 Å². The summed E-state index contributed by atoms with van der Waals surface area (Å²) in [6.07, 6.45) is 2.98. The molecule has 2 nitrogen and oxygen atoms in total. The summed E-state index contributed by atoms with van der Waals surface area (Å²) in [5.74, 6) is 0. The summed E-state index contributed by atoms with van der Waals surface area (Å²) >= 11 is 0. The Balaban J connectivity index is 1.89. The Hall–Kier alpha value is -2.48. The number of hydrogen-bond acceptors (Lipinski definition) is 1. The smallest absolute Gasteiger partial charge is 0.0485 e. The third kappa shape index (κ3) is 3.38. The van der Waals surface area contributed by atoms with Crippen molar-refractivity contribution in [1.82, 2.24) is 4.57 Å². The van der Waals surface area contributed by atoms with Crippen molar-refractivity contribution < 1.29 is 0 Å². The molecule has 0 saturated heterocycles. The van der Waals surface area contributed by atoms with E-state index in [4.69, 9.17) is 5.73 Å². The molecular weight excluding hydrogens is 292 g/mol. The minimum atomic E-state index is 0.725. The highest BCUT2D eigenvalue weighted by molar-refractivity contribution is 5.86. The number of rotatable bonds is 6. The van der Waals surface area contributed by atoms with E-state index in [1.807, 2.05) is 0 Å². The van der Waals surface area contributed by atoms with Gasteiger partial charge in [0.15, 0.2) is 0 Å². The van der Waals surface area contributed by atoms with E-state index in [-0.39, 0.29) is 0 Å². The quantitative estimate of drug-likeness (QED) is 0.688. The molecule has 3 rings (SSSR count). The minimum absolute atomic E-state index is 0.725. The molecule has 124 valence electrons. The van der Waals surface area contributed by atoms with Crippen molar-refractivity contribution in [3.63, 3.8) is 0 Å². The summed E-state index contributed by atoms with van der Waals surface area (Å²) in [7, 11) is 0. The summed E-state index contributed by atoms with van der Waals surface area (Å²) in [6.45, 7) is 9.27. The van der Waals surface area contributed by atoms with Crippen molar-refractivity contribution in [2.75, 3.05) is 0 Å². The lowest BCUT2D eigenvalue weighted by Gasteiger charge is -2.09. The maximum Gasteiger partial charge on any atom is 0.0485 e. The Morgan fingerprint density at radius 3 is 2.54 bits per heavy atom. The van der Waals surface area contributed by atoms with Gasteiger partial charge in [0.05, 0.1) is 0 Å². The van der Waals surface area contributed by atoms with Crippen LogP contribution < -0.4 is 5.73 Å². The third-order valence-corrected chi connectivity index (χ3v) is 4.70. The maximum absolute atomic E-state index is 5.90. The molecule has 0 spiro atoms. The average molecular weight is 318 g/mol. The van der Waals surface area contributed by atoms with Crippen LogP contribution in [0.1, 0.15) is 28.8 Å². The summed E-state index contributed by atoms with van der Waals surface area (Å²) in [5.41, 5.74) is 13.3. The molecule has 0 aliphatic carbocycles. The number of allylic oxidation sites excluding steroid dienone is 1. The number of nitrogens with two attached hydrogens (primary N) is 1. The van der Waals surface area contributed by atoms with Gasteiger partial charge in [0.25, 0.3) is 0 Å². The number of benzene rings is 2. The zero-order valence-electron chi connectivity index (χ0n) is 14.7. The highest BCUT2D eigenvalue weighted by Crippen LogP contribution is 2.28. The van der Waals surface area contributed by atoms with Crippen molar-refractivity contribution in [2.45, 2.75) is 39.7 Å². The van der Waals surface area contributed by atoms with Crippen LogP contribution in [0.15, 0.2) is 60.8 Å². The average Bonchev–Trinajstić information content (AvgIpc) is 2.80. The molecule has 2 aromatic carbocycles. The topological polar surface area (TPSA) is 30.9 Å². The second kappa shape index (κ2) is 6.96. The minimum Gasteiger partial charge on any atom is -0.402 e. The van der Waals surface area contributed by atoms with Crippen molar-refractivity contribution >= 4 is 10.9 Å². The van der Waals surface area contributed by atoms with E-state index >= 15 is 0 Å². The van der Waals surface area contributed by atoms with Gasteiger partial charge in [-0.2, -0.15) is 0 Å². The normalized spacial score (nSPS) is 11.1. The molecule has 0 amide bonds. The fraction of sp³-hybridized carbons (Fsp3) is 0.273. The van der Waals surface area contributed by atoms with Gasteiger partial charge in [-0.3, -0.25) is 0 Å². The molecule has 2 heteroatoms. The molecule has 0 atom stereocenters. The van der Waals surface area contributed by atoms with Crippen molar-refractivity contribution in [3.8, 4) is 0 Å². The van der Waals surface area contributed by atoms with Crippen LogP contribution in [0.2, 0.25) is 0 Å². The molecule has 0 aliphatic rings. The highest BCUT2D eigenvalue weighted by atomic mass is 15.0. The molecular formula is C22H26N2. The summed E-state index contributed by atoms with van der Waals surface area (Å²) in [5, 5.41) is 1.32. The van der Waals surface area contributed by atoms with Gasteiger partial charge in [0.2, 0.25) is 0 Å². The lowest BCUT2D eigenvalue weighted by Crippen LogP contribution is -2.04. The van der Waals surface area contributed by atoms with Crippen LogP contribution in [0.4, 0.5) is 0 Å². The molecule has 0 aliphatic heterocycles. The Morgan fingerprint density at radius 1 is 1.08 bits per heavy atom. The van der Waals surface area contributed by atoms with E-state index in [1.165, 1.54) is 33.3 Å². The molecule has 3 aromatic rings. The predicted octanol–water partition coefficient (Wildman–Crippen LogP) is 4.91. The Kier molecular flexibility index (Phi) is 4.75. The number of fused-ring (bicyclic) bond motifs is 1. The first-order valence-corrected chi connectivity index (χ1v) is 8.62. The number of aryl methyl sites for hydroxylation is 3. The fourth-order valence-electron chi connectivity index (χ4n) is 3.49. The van der Waals surface area contributed by atoms with Gasteiger partial charge in [-0.05, 0) is 49.9 Å². The second-order valence-corrected chi connectivity index (χ2v) is 6.66. The molecule has 0 unspecified atom stereocenters. The van der Waals surface area contributed by atoms with Crippen LogP contribution in [0.5, 0.6) is 0 Å². The summed E-state index contributed by atoms with van der Waals surface area (Å²) in [6, 6.07) is 17.4. The Morgan fingerprint density at radius 2 is 1.83 bits per heavy atom. The zero-order valence-corrected chi connectivity index (χ0v) is 14.7. The molecule has 24 heavy (non-hydrogen) atoms. The van der Waals surface area contributed by atoms with Gasteiger partial charge in [-0.1, -0.05) is 48.5 Å². The predicted molar refractivity (Wildman–Crippen MR) is 103 cm³/mol. The maximum atomic E-state index is 5.90. The van der Waals surface area contributed by atoms with Gasteiger partial charge < -0.3 is 10.3 Å². The Labute approximate surface area is 144 Å².